The van der Waals surface area contributed by atoms with E-state index in [0.717, 1.165) is 12.8 Å². The van der Waals surface area contributed by atoms with Crippen molar-refractivity contribution in [2.45, 2.75) is 37.8 Å². The molecule has 0 radical (unpaired) electrons. The van der Waals surface area contributed by atoms with Crippen LogP contribution >= 0.6 is 0 Å². The van der Waals surface area contributed by atoms with Crippen LogP contribution in [0.5, 0.6) is 0 Å². The van der Waals surface area contributed by atoms with Gasteiger partial charge in [0.2, 0.25) is 0 Å². The first kappa shape index (κ1) is 7.77. The maximum atomic E-state index is 11.2. The third-order valence-electron chi connectivity index (χ3n) is 2.92. The molecule has 1 saturated carbocycles. The van der Waals surface area contributed by atoms with E-state index in [0.29, 0.717) is 12.1 Å². The number of rotatable bonds is 0. The summed E-state index contributed by atoms with van der Waals surface area (Å²) in [7, 11) is 1.89. The lowest BCUT2D eigenvalue weighted by molar-refractivity contribution is -0.126. The standard InChI is InChI=1S/C9H14N2O/c1-11-8-5-3-2-4-7(8)10-6-9(11)12/h6-8H,2-5H2,1H3. The van der Waals surface area contributed by atoms with Crippen molar-refractivity contribution in [1.82, 2.24) is 4.90 Å². The Balaban J connectivity index is 2.18. The Hall–Kier alpha value is -0.860. The molecule has 0 aromatic rings. The minimum Gasteiger partial charge on any atom is -0.336 e. The van der Waals surface area contributed by atoms with Crippen LogP contribution in [-0.2, 0) is 4.79 Å². The number of hydrogen-bond donors (Lipinski definition) is 0. The van der Waals surface area contributed by atoms with Gasteiger partial charge in [0.1, 0.15) is 0 Å². The number of aliphatic imine (C=N–C) groups is 1. The molecule has 66 valence electrons. The predicted molar refractivity (Wildman–Crippen MR) is 47.3 cm³/mol. The summed E-state index contributed by atoms with van der Waals surface area (Å²) in [6, 6.07) is 0.776. The van der Waals surface area contributed by atoms with Gasteiger partial charge >= 0.3 is 0 Å². The van der Waals surface area contributed by atoms with Gasteiger partial charge in [0.25, 0.3) is 5.91 Å². The van der Waals surface area contributed by atoms with Crippen molar-refractivity contribution < 1.29 is 4.79 Å². The number of likely N-dealkylation sites (N-methyl/N-ethyl adjacent to an activating group) is 1. The summed E-state index contributed by atoms with van der Waals surface area (Å²) >= 11 is 0. The van der Waals surface area contributed by atoms with Gasteiger partial charge in [-0.15, -0.1) is 0 Å². The Bertz CT molecular complexity index is 225. The molecule has 0 N–H and O–H groups in total. The Morgan fingerprint density at radius 1 is 1.50 bits per heavy atom. The van der Waals surface area contributed by atoms with Crippen LogP contribution in [0.25, 0.3) is 0 Å². The average Bonchev–Trinajstić information content (AvgIpc) is 2.12. The largest absolute Gasteiger partial charge is 0.336 e. The molecule has 2 aliphatic rings. The lowest BCUT2D eigenvalue weighted by atomic mass is 9.89. The summed E-state index contributed by atoms with van der Waals surface area (Å²) in [4.78, 5) is 17.3. The first-order valence-corrected chi connectivity index (χ1v) is 4.59. The molecule has 3 heteroatoms. The number of nitrogens with zero attached hydrogens (tertiary/aromatic N) is 2. The first-order chi connectivity index (χ1) is 5.79. The van der Waals surface area contributed by atoms with E-state index in [1.165, 1.54) is 19.1 Å². The summed E-state index contributed by atoms with van der Waals surface area (Å²) in [5.74, 6) is 0.0677. The monoisotopic (exact) mass is 166 g/mol. The van der Waals surface area contributed by atoms with E-state index in [2.05, 4.69) is 4.99 Å². The van der Waals surface area contributed by atoms with Crippen molar-refractivity contribution in [3.63, 3.8) is 0 Å². The molecule has 0 aromatic heterocycles. The molecule has 0 bridgehead atoms. The fraction of sp³-hybridized carbons (Fsp3) is 0.778. The van der Waals surface area contributed by atoms with E-state index in [1.807, 2.05) is 11.9 Å². The van der Waals surface area contributed by atoms with Crippen molar-refractivity contribution in [3.05, 3.63) is 0 Å². The van der Waals surface area contributed by atoms with Crippen LogP contribution in [0.15, 0.2) is 4.99 Å². The summed E-state index contributed by atoms with van der Waals surface area (Å²) in [5.41, 5.74) is 0. The molecule has 1 fully saturated rings. The second kappa shape index (κ2) is 2.88. The average molecular weight is 166 g/mol. The van der Waals surface area contributed by atoms with Gasteiger partial charge in [0.05, 0.1) is 18.3 Å². The molecular formula is C9H14N2O. The fourth-order valence-electron chi connectivity index (χ4n) is 2.13. The van der Waals surface area contributed by atoms with Gasteiger partial charge in [-0.25, -0.2) is 0 Å². The van der Waals surface area contributed by atoms with Gasteiger partial charge in [-0.2, -0.15) is 0 Å². The summed E-state index contributed by atoms with van der Waals surface area (Å²) in [6.07, 6.45) is 6.27. The van der Waals surface area contributed by atoms with E-state index >= 15 is 0 Å². The number of amides is 1. The normalized spacial score (nSPS) is 35.1. The minimum atomic E-state index is 0.0677. The van der Waals surface area contributed by atoms with Crippen LogP contribution in [0.2, 0.25) is 0 Å². The SMILES string of the molecule is CN1C(=O)C=NC2CCCCC21. The molecule has 0 aromatic carbocycles. The second-order valence-corrected chi connectivity index (χ2v) is 3.65. The zero-order chi connectivity index (χ0) is 8.55. The zero-order valence-corrected chi connectivity index (χ0v) is 7.36. The van der Waals surface area contributed by atoms with Gasteiger partial charge in [-0.1, -0.05) is 12.8 Å². The summed E-state index contributed by atoms with van der Waals surface area (Å²) in [5, 5.41) is 0. The molecule has 1 aliphatic carbocycles. The third kappa shape index (κ3) is 1.13. The smallest absolute Gasteiger partial charge is 0.264 e. The molecule has 0 saturated heterocycles. The molecule has 1 heterocycles. The van der Waals surface area contributed by atoms with Crippen molar-refractivity contribution in [1.29, 1.82) is 0 Å². The molecule has 2 unspecified atom stereocenters. The maximum absolute atomic E-state index is 11.2. The van der Waals surface area contributed by atoms with E-state index < -0.39 is 0 Å². The van der Waals surface area contributed by atoms with Crippen LogP contribution in [0.1, 0.15) is 25.7 Å². The number of carbonyl (C=O) groups excluding carboxylic acids is 1. The summed E-state index contributed by atoms with van der Waals surface area (Å²) < 4.78 is 0. The molecular weight excluding hydrogens is 152 g/mol. The topological polar surface area (TPSA) is 32.7 Å². The molecule has 12 heavy (non-hydrogen) atoms. The highest BCUT2D eigenvalue weighted by molar-refractivity contribution is 6.26. The molecule has 1 amide bonds. The fourth-order valence-corrected chi connectivity index (χ4v) is 2.13. The van der Waals surface area contributed by atoms with E-state index in [-0.39, 0.29) is 5.91 Å². The van der Waals surface area contributed by atoms with Crippen LogP contribution in [0.3, 0.4) is 0 Å². The van der Waals surface area contributed by atoms with E-state index in [4.69, 9.17) is 0 Å². The van der Waals surface area contributed by atoms with Gasteiger partial charge in [0, 0.05) is 7.05 Å². The molecule has 3 nitrogen and oxygen atoms in total. The van der Waals surface area contributed by atoms with Gasteiger partial charge in [-0.3, -0.25) is 9.79 Å². The number of fused-ring (bicyclic) bond motifs is 1. The Labute approximate surface area is 72.5 Å². The quantitative estimate of drug-likeness (QED) is 0.525. The lowest BCUT2D eigenvalue weighted by Gasteiger charge is -2.37. The maximum Gasteiger partial charge on any atom is 0.264 e. The molecule has 0 spiro atoms. The highest BCUT2D eigenvalue weighted by atomic mass is 16.2. The number of hydrogen-bond acceptors (Lipinski definition) is 2. The van der Waals surface area contributed by atoms with E-state index in [9.17, 15) is 4.79 Å². The van der Waals surface area contributed by atoms with Crippen LogP contribution in [0, 0.1) is 0 Å². The Morgan fingerprint density at radius 2 is 2.25 bits per heavy atom. The third-order valence-corrected chi connectivity index (χ3v) is 2.92. The lowest BCUT2D eigenvalue weighted by Crippen LogP contribution is -2.49. The van der Waals surface area contributed by atoms with Crippen LogP contribution in [0.4, 0.5) is 0 Å². The Kier molecular flexibility index (Phi) is 1.87. The Morgan fingerprint density at radius 3 is 3.08 bits per heavy atom. The van der Waals surface area contributed by atoms with Crippen LogP contribution in [-0.4, -0.2) is 36.2 Å². The van der Waals surface area contributed by atoms with Crippen molar-refractivity contribution >= 4 is 12.1 Å². The molecule has 1 aliphatic heterocycles. The van der Waals surface area contributed by atoms with Crippen molar-refractivity contribution in [2.75, 3.05) is 7.05 Å². The van der Waals surface area contributed by atoms with Gasteiger partial charge in [0.15, 0.2) is 0 Å². The van der Waals surface area contributed by atoms with Gasteiger partial charge < -0.3 is 4.90 Å². The van der Waals surface area contributed by atoms with Crippen molar-refractivity contribution in [3.8, 4) is 0 Å². The predicted octanol–water partition coefficient (Wildman–Crippen LogP) is 0.840. The summed E-state index contributed by atoms with van der Waals surface area (Å²) in [6.45, 7) is 0. The highest BCUT2D eigenvalue weighted by Gasteiger charge is 2.32. The zero-order valence-electron chi connectivity index (χ0n) is 7.36. The molecule has 2 atom stereocenters. The van der Waals surface area contributed by atoms with Crippen molar-refractivity contribution in [2.24, 2.45) is 4.99 Å². The molecule has 2 rings (SSSR count). The van der Waals surface area contributed by atoms with Crippen LogP contribution < -0.4 is 0 Å². The van der Waals surface area contributed by atoms with E-state index in [1.54, 1.807) is 0 Å². The first-order valence-electron chi connectivity index (χ1n) is 4.59. The van der Waals surface area contributed by atoms with Gasteiger partial charge in [-0.05, 0) is 12.8 Å². The minimum absolute atomic E-state index is 0.0677. The number of carbonyl (C=O) groups is 1. The highest BCUT2D eigenvalue weighted by Crippen LogP contribution is 2.26. The second-order valence-electron chi connectivity index (χ2n) is 3.65.